The van der Waals surface area contributed by atoms with Crippen LogP contribution in [0.15, 0.2) is 56.3 Å². The molecule has 8 heteroatoms. The second kappa shape index (κ2) is 11.8. The minimum atomic E-state index is -0.226. The number of fused-ring (bicyclic) bond motifs is 2. The third-order valence-corrected chi connectivity index (χ3v) is 5.82. The van der Waals surface area contributed by atoms with Crippen LogP contribution in [0.3, 0.4) is 0 Å². The van der Waals surface area contributed by atoms with Crippen molar-refractivity contribution in [2.75, 3.05) is 40.5 Å². The van der Waals surface area contributed by atoms with Crippen LogP contribution in [0.25, 0.3) is 34.1 Å². The summed E-state index contributed by atoms with van der Waals surface area (Å²) in [6.07, 6.45) is 5.14. The molecule has 2 aromatic heterocycles. The largest absolute Gasteiger partial charge is 0.495 e. The van der Waals surface area contributed by atoms with Crippen molar-refractivity contribution < 1.29 is 23.0 Å². The molecular weight excluding hydrogens is 470 g/mol. The third kappa shape index (κ3) is 5.47. The lowest BCUT2D eigenvalue weighted by Crippen LogP contribution is -2.27. The molecule has 0 amide bonds. The minimum Gasteiger partial charge on any atom is -0.495 e. The summed E-state index contributed by atoms with van der Waals surface area (Å²) in [6.45, 7) is 7.86. The van der Waals surface area contributed by atoms with E-state index in [0.29, 0.717) is 40.2 Å². The molecule has 0 fully saturated rings. The van der Waals surface area contributed by atoms with Gasteiger partial charge in [0.05, 0.1) is 25.9 Å². The molecule has 0 aliphatic rings. The molecule has 0 atom stereocenters. The van der Waals surface area contributed by atoms with Gasteiger partial charge in [-0.2, -0.15) is 0 Å². The van der Waals surface area contributed by atoms with Gasteiger partial charge < -0.3 is 27.9 Å². The van der Waals surface area contributed by atoms with Crippen molar-refractivity contribution in [2.24, 2.45) is 0 Å². The van der Waals surface area contributed by atoms with E-state index in [2.05, 4.69) is 18.7 Å². The van der Waals surface area contributed by atoms with Gasteiger partial charge in [0.2, 0.25) is 5.75 Å². The molecule has 2 heterocycles. The minimum absolute atomic E-state index is 0. The molecule has 0 radical (unpaired) electrons. The monoisotopic (exact) mass is 499 g/mol. The number of hydrogen-bond donors (Lipinski definition) is 0. The standard InChI is InChI=1S/C27H29NO6.ClH/c1-5-28(6-2)14-16-32-19-10-7-18(8-11-19)9-12-20-17-22(29)23-24(30-3)21-13-15-33-25(21)27(31-4)26(23)34-20;/h7-13,15,17H,5-6,14,16H2,1-4H3;1H/b12-9+;. The number of methoxy groups -OCH3 is 2. The summed E-state index contributed by atoms with van der Waals surface area (Å²) in [5.41, 5.74) is 1.47. The molecule has 0 saturated heterocycles. The van der Waals surface area contributed by atoms with Crippen LogP contribution in [0.1, 0.15) is 25.2 Å². The van der Waals surface area contributed by atoms with E-state index in [4.69, 9.17) is 23.0 Å². The van der Waals surface area contributed by atoms with Gasteiger partial charge >= 0.3 is 0 Å². The van der Waals surface area contributed by atoms with Gasteiger partial charge in [0, 0.05) is 12.6 Å². The molecule has 4 rings (SSSR count). The molecular formula is C27H30ClNO6. The lowest BCUT2D eigenvalue weighted by Gasteiger charge is -2.17. The van der Waals surface area contributed by atoms with Gasteiger partial charge in [-0.1, -0.05) is 32.1 Å². The van der Waals surface area contributed by atoms with Crippen molar-refractivity contribution in [2.45, 2.75) is 13.8 Å². The quantitative estimate of drug-likeness (QED) is 0.270. The predicted molar refractivity (Wildman–Crippen MR) is 141 cm³/mol. The molecule has 0 spiro atoms. The van der Waals surface area contributed by atoms with Crippen LogP contribution in [0.5, 0.6) is 17.2 Å². The Kier molecular flexibility index (Phi) is 8.84. The lowest BCUT2D eigenvalue weighted by atomic mass is 10.1. The molecule has 0 aliphatic carbocycles. The van der Waals surface area contributed by atoms with Crippen LogP contribution >= 0.6 is 12.4 Å². The van der Waals surface area contributed by atoms with Crippen LogP contribution in [0.2, 0.25) is 0 Å². The summed E-state index contributed by atoms with van der Waals surface area (Å²) in [5, 5.41) is 0.971. The van der Waals surface area contributed by atoms with Gasteiger partial charge in [-0.3, -0.25) is 4.79 Å². The zero-order chi connectivity index (χ0) is 24.1. The zero-order valence-electron chi connectivity index (χ0n) is 20.3. The second-order valence-electron chi connectivity index (χ2n) is 7.72. The summed E-state index contributed by atoms with van der Waals surface area (Å²) in [5.74, 6) is 1.97. The Morgan fingerprint density at radius 2 is 1.66 bits per heavy atom. The van der Waals surface area contributed by atoms with Crippen molar-refractivity contribution >= 4 is 46.5 Å². The fraction of sp³-hybridized carbons (Fsp3) is 0.296. The SMILES string of the molecule is CCN(CC)CCOc1ccc(/C=C/c2cc(=O)c3c(OC)c4ccoc4c(OC)c3o2)cc1.Cl. The highest BCUT2D eigenvalue weighted by molar-refractivity contribution is 6.06. The number of rotatable bonds is 10. The van der Waals surface area contributed by atoms with Gasteiger partial charge in [0.25, 0.3) is 0 Å². The Labute approximate surface area is 210 Å². The smallest absolute Gasteiger partial charge is 0.206 e. The fourth-order valence-corrected chi connectivity index (χ4v) is 3.95. The van der Waals surface area contributed by atoms with Crippen LogP contribution in [0.4, 0.5) is 0 Å². The first-order valence-corrected chi connectivity index (χ1v) is 11.3. The number of ether oxygens (including phenoxy) is 3. The summed E-state index contributed by atoms with van der Waals surface area (Å²) < 4.78 is 28.5. The highest BCUT2D eigenvalue weighted by Crippen LogP contribution is 2.42. The van der Waals surface area contributed by atoms with Crippen LogP contribution in [0, 0.1) is 0 Å². The summed E-state index contributed by atoms with van der Waals surface area (Å²) in [7, 11) is 3.02. The number of furan rings is 1. The summed E-state index contributed by atoms with van der Waals surface area (Å²) in [6, 6.07) is 11.0. The molecule has 186 valence electrons. The average molecular weight is 500 g/mol. The highest BCUT2D eigenvalue weighted by Gasteiger charge is 2.22. The Morgan fingerprint density at radius 3 is 2.31 bits per heavy atom. The van der Waals surface area contributed by atoms with Gasteiger partial charge in [0.15, 0.2) is 16.6 Å². The lowest BCUT2D eigenvalue weighted by molar-refractivity contribution is 0.223. The maximum atomic E-state index is 13.0. The van der Waals surface area contributed by atoms with Crippen molar-refractivity contribution in [3.05, 3.63) is 64.2 Å². The maximum Gasteiger partial charge on any atom is 0.206 e. The Hall–Kier alpha value is -3.42. The van der Waals surface area contributed by atoms with E-state index in [9.17, 15) is 4.79 Å². The van der Waals surface area contributed by atoms with Crippen molar-refractivity contribution in [1.29, 1.82) is 0 Å². The molecule has 7 nitrogen and oxygen atoms in total. The number of halogens is 1. The van der Waals surface area contributed by atoms with Crippen molar-refractivity contribution in [3.8, 4) is 17.2 Å². The first kappa shape index (κ1) is 26.2. The van der Waals surface area contributed by atoms with E-state index in [1.54, 1.807) is 12.1 Å². The van der Waals surface area contributed by atoms with Crippen molar-refractivity contribution in [3.63, 3.8) is 0 Å². The molecule has 0 N–H and O–H groups in total. The predicted octanol–water partition coefficient (Wildman–Crippen LogP) is 5.87. The third-order valence-electron chi connectivity index (χ3n) is 5.82. The molecule has 0 bridgehead atoms. The molecule has 0 saturated carbocycles. The molecule has 2 aromatic carbocycles. The van der Waals surface area contributed by atoms with E-state index < -0.39 is 0 Å². The first-order chi connectivity index (χ1) is 16.6. The molecule has 0 unspecified atom stereocenters. The molecule has 35 heavy (non-hydrogen) atoms. The topological polar surface area (TPSA) is 74.3 Å². The number of hydrogen-bond acceptors (Lipinski definition) is 7. The molecule has 4 aromatic rings. The van der Waals surface area contributed by atoms with Crippen LogP contribution < -0.4 is 19.6 Å². The van der Waals surface area contributed by atoms with Gasteiger partial charge in [0.1, 0.15) is 29.3 Å². The van der Waals surface area contributed by atoms with E-state index >= 15 is 0 Å². The number of nitrogens with zero attached hydrogens (tertiary/aromatic N) is 1. The van der Waals surface area contributed by atoms with E-state index in [1.807, 2.05) is 30.3 Å². The van der Waals surface area contributed by atoms with E-state index in [-0.39, 0.29) is 23.4 Å². The average Bonchev–Trinajstić information content (AvgIpc) is 3.34. The first-order valence-electron chi connectivity index (χ1n) is 11.3. The Bertz CT molecular complexity index is 1350. The fourth-order valence-electron chi connectivity index (χ4n) is 3.95. The normalized spacial score (nSPS) is 11.3. The Balaban J connectivity index is 0.00000342. The van der Waals surface area contributed by atoms with Gasteiger partial charge in [-0.05, 0) is 42.9 Å². The highest BCUT2D eigenvalue weighted by atomic mass is 35.5. The van der Waals surface area contributed by atoms with Crippen LogP contribution in [-0.2, 0) is 0 Å². The van der Waals surface area contributed by atoms with E-state index in [1.165, 1.54) is 26.5 Å². The second-order valence-corrected chi connectivity index (χ2v) is 7.72. The van der Waals surface area contributed by atoms with Gasteiger partial charge in [-0.25, -0.2) is 0 Å². The number of benzene rings is 2. The maximum absolute atomic E-state index is 13.0. The van der Waals surface area contributed by atoms with Crippen molar-refractivity contribution in [1.82, 2.24) is 4.90 Å². The zero-order valence-corrected chi connectivity index (χ0v) is 21.1. The van der Waals surface area contributed by atoms with E-state index in [0.717, 1.165) is 30.9 Å². The Morgan fingerprint density at radius 1 is 0.943 bits per heavy atom. The van der Waals surface area contributed by atoms with Gasteiger partial charge in [-0.15, -0.1) is 12.4 Å². The summed E-state index contributed by atoms with van der Waals surface area (Å²) in [4.78, 5) is 15.3. The summed E-state index contributed by atoms with van der Waals surface area (Å²) >= 11 is 0. The molecule has 0 aliphatic heterocycles. The number of likely N-dealkylation sites (N-methyl/N-ethyl adjacent to an activating group) is 1. The van der Waals surface area contributed by atoms with Crippen LogP contribution in [-0.4, -0.2) is 45.4 Å².